The maximum atomic E-state index is 9.49. The SMILES string of the molecule is CC1OCCC1(CO)Cc1nnn(C)n1. The van der Waals surface area contributed by atoms with Crippen molar-refractivity contribution in [2.45, 2.75) is 25.9 Å². The van der Waals surface area contributed by atoms with Gasteiger partial charge in [-0.3, -0.25) is 0 Å². The Morgan fingerprint density at radius 2 is 2.47 bits per heavy atom. The third kappa shape index (κ3) is 1.87. The number of aliphatic hydroxyl groups excluding tert-OH is 1. The summed E-state index contributed by atoms with van der Waals surface area (Å²) in [5, 5.41) is 21.3. The Labute approximate surface area is 88.2 Å². The van der Waals surface area contributed by atoms with E-state index in [4.69, 9.17) is 4.74 Å². The summed E-state index contributed by atoms with van der Waals surface area (Å²) in [7, 11) is 1.73. The lowest BCUT2D eigenvalue weighted by Crippen LogP contribution is -2.35. The van der Waals surface area contributed by atoms with Crippen LogP contribution in [0.15, 0.2) is 0 Å². The van der Waals surface area contributed by atoms with Crippen molar-refractivity contribution in [2.24, 2.45) is 12.5 Å². The molecule has 2 atom stereocenters. The predicted molar refractivity (Wildman–Crippen MR) is 52.1 cm³/mol. The van der Waals surface area contributed by atoms with E-state index in [1.165, 1.54) is 4.80 Å². The van der Waals surface area contributed by atoms with Gasteiger partial charge in [0, 0.05) is 18.4 Å². The Balaban J connectivity index is 2.14. The van der Waals surface area contributed by atoms with Gasteiger partial charge >= 0.3 is 0 Å². The summed E-state index contributed by atoms with van der Waals surface area (Å²) in [6.45, 7) is 2.79. The van der Waals surface area contributed by atoms with Crippen molar-refractivity contribution < 1.29 is 9.84 Å². The molecule has 0 spiro atoms. The first-order chi connectivity index (χ1) is 7.16. The molecule has 1 aliphatic rings. The highest BCUT2D eigenvalue weighted by molar-refractivity contribution is 4.96. The van der Waals surface area contributed by atoms with Gasteiger partial charge in [-0.25, -0.2) is 0 Å². The molecule has 1 N–H and O–H groups in total. The summed E-state index contributed by atoms with van der Waals surface area (Å²) in [4.78, 5) is 1.43. The number of hydrogen-bond donors (Lipinski definition) is 1. The van der Waals surface area contributed by atoms with Crippen LogP contribution in [0, 0.1) is 5.41 Å². The minimum Gasteiger partial charge on any atom is -0.396 e. The lowest BCUT2D eigenvalue weighted by molar-refractivity contribution is 0.0260. The fourth-order valence-corrected chi connectivity index (χ4v) is 2.02. The second kappa shape index (κ2) is 3.86. The molecule has 2 heterocycles. The number of tetrazole rings is 1. The Morgan fingerprint density at radius 3 is 2.93 bits per heavy atom. The minimum atomic E-state index is -0.233. The van der Waals surface area contributed by atoms with Crippen LogP contribution in [0.3, 0.4) is 0 Å². The van der Waals surface area contributed by atoms with E-state index in [9.17, 15) is 5.11 Å². The van der Waals surface area contributed by atoms with Crippen molar-refractivity contribution in [2.75, 3.05) is 13.2 Å². The van der Waals surface area contributed by atoms with E-state index in [2.05, 4.69) is 15.4 Å². The van der Waals surface area contributed by atoms with E-state index in [0.29, 0.717) is 18.9 Å². The van der Waals surface area contributed by atoms with E-state index in [1.54, 1.807) is 7.05 Å². The molecular formula is C9H16N4O2. The Hall–Kier alpha value is -1.01. The van der Waals surface area contributed by atoms with Gasteiger partial charge in [-0.05, 0) is 18.6 Å². The molecule has 6 nitrogen and oxygen atoms in total. The Morgan fingerprint density at radius 1 is 1.67 bits per heavy atom. The molecule has 1 saturated heterocycles. The molecule has 0 amide bonds. The van der Waals surface area contributed by atoms with Crippen LogP contribution in [0.5, 0.6) is 0 Å². The van der Waals surface area contributed by atoms with E-state index in [-0.39, 0.29) is 18.1 Å². The average molecular weight is 212 g/mol. The highest BCUT2D eigenvalue weighted by atomic mass is 16.5. The third-order valence-electron chi connectivity index (χ3n) is 3.20. The van der Waals surface area contributed by atoms with Crippen LogP contribution in [-0.4, -0.2) is 44.6 Å². The molecule has 1 fully saturated rings. The van der Waals surface area contributed by atoms with Gasteiger partial charge in [0.05, 0.1) is 19.8 Å². The fourth-order valence-electron chi connectivity index (χ4n) is 2.02. The van der Waals surface area contributed by atoms with Gasteiger partial charge in [0.25, 0.3) is 0 Å². The van der Waals surface area contributed by atoms with Gasteiger partial charge < -0.3 is 9.84 Å². The molecule has 0 bridgehead atoms. The fraction of sp³-hybridized carbons (Fsp3) is 0.889. The van der Waals surface area contributed by atoms with Crippen LogP contribution in [0.1, 0.15) is 19.2 Å². The molecule has 6 heteroatoms. The van der Waals surface area contributed by atoms with Crippen molar-refractivity contribution in [3.05, 3.63) is 5.82 Å². The first-order valence-corrected chi connectivity index (χ1v) is 5.12. The molecule has 1 aromatic heterocycles. The number of ether oxygens (including phenoxy) is 1. The zero-order valence-electron chi connectivity index (χ0n) is 9.05. The first-order valence-electron chi connectivity index (χ1n) is 5.12. The Kier molecular flexibility index (Phi) is 2.70. The summed E-state index contributed by atoms with van der Waals surface area (Å²) in [5.74, 6) is 0.670. The maximum absolute atomic E-state index is 9.49. The minimum absolute atomic E-state index is 0.0475. The number of nitrogens with zero attached hydrogens (tertiary/aromatic N) is 4. The lowest BCUT2D eigenvalue weighted by atomic mass is 9.79. The van der Waals surface area contributed by atoms with Gasteiger partial charge in [-0.15, -0.1) is 10.2 Å². The second-order valence-corrected chi connectivity index (χ2v) is 4.16. The van der Waals surface area contributed by atoms with E-state index in [1.807, 2.05) is 6.92 Å². The number of aryl methyl sites for hydroxylation is 1. The van der Waals surface area contributed by atoms with Crippen LogP contribution < -0.4 is 0 Å². The van der Waals surface area contributed by atoms with Crippen LogP contribution in [0.2, 0.25) is 0 Å². The quantitative estimate of drug-likeness (QED) is 0.734. The summed E-state index contributed by atoms with van der Waals surface area (Å²) in [5.41, 5.74) is -0.233. The molecule has 1 aromatic rings. The van der Waals surface area contributed by atoms with E-state index >= 15 is 0 Å². The standard InChI is InChI=1S/C9H16N4O2/c1-7-9(6-14,3-4-15-7)5-8-10-12-13(2)11-8/h7,14H,3-6H2,1-2H3. The van der Waals surface area contributed by atoms with Gasteiger partial charge in [0.1, 0.15) is 0 Å². The molecule has 15 heavy (non-hydrogen) atoms. The van der Waals surface area contributed by atoms with Crippen LogP contribution in [0.25, 0.3) is 0 Å². The monoisotopic (exact) mass is 212 g/mol. The molecule has 0 saturated carbocycles. The second-order valence-electron chi connectivity index (χ2n) is 4.16. The molecule has 0 aliphatic carbocycles. The third-order valence-corrected chi connectivity index (χ3v) is 3.20. The number of rotatable bonds is 3. The molecule has 84 valence electrons. The number of aromatic nitrogens is 4. The molecule has 1 aliphatic heterocycles. The van der Waals surface area contributed by atoms with Gasteiger partial charge in [0.2, 0.25) is 0 Å². The Bertz CT molecular complexity index is 341. The molecule has 2 rings (SSSR count). The van der Waals surface area contributed by atoms with Gasteiger partial charge in [-0.1, -0.05) is 0 Å². The van der Waals surface area contributed by atoms with Crippen LogP contribution in [0.4, 0.5) is 0 Å². The maximum Gasteiger partial charge on any atom is 0.175 e. The summed E-state index contributed by atoms with van der Waals surface area (Å²) < 4.78 is 5.50. The van der Waals surface area contributed by atoms with Gasteiger partial charge in [0.15, 0.2) is 5.82 Å². The van der Waals surface area contributed by atoms with Gasteiger partial charge in [-0.2, -0.15) is 4.80 Å². The molecule has 0 radical (unpaired) electrons. The van der Waals surface area contributed by atoms with Crippen LogP contribution >= 0.6 is 0 Å². The highest BCUT2D eigenvalue weighted by Crippen LogP contribution is 2.36. The first kappa shape index (κ1) is 10.5. The predicted octanol–water partition coefficient (Wildman–Crippen LogP) is -0.460. The number of aliphatic hydroxyl groups is 1. The summed E-state index contributed by atoms with van der Waals surface area (Å²) >= 11 is 0. The highest BCUT2D eigenvalue weighted by Gasteiger charge is 2.42. The smallest absolute Gasteiger partial charge is 0.175 e. The molecular weight excluding hydrogens is 196 g/mol. The van der Waals surface area contributed by atoms with Crippen LogP contribution in [-0.2, 0) is 18.2 Å². The largest absolute Gasteiger partial charge is 0.396 e. The van der Waals surface area contributed by atoms with Crippen molar-refractivity contribution in [3.8, 4) is 0 Å². The topological polar surface area (TPSA) is 73.1 Å². The van der Waals surface area contributed by atoms with Crippen molar-refractivity contribution in [1.29, 1.82) is 0 Å². The van der Waals surface area contributed by atoms with Crippen molar-refractivity contribution in [1.82, 2.24) is 20.2 Å². The summed E-state index contributed by atoms with van der Waals surface area (Å²) in [6.07, 6.45) is 1.52. The molecule has 0 aromatic carbocycles. The lowest BCUT2D eigenvalue weighted by Gasteiger charge is -2.28. The van der Waals surface area contributed by atoms with E-state index in [0.717, 1.165) is 6.42 Å². The van der Waals surface area contributed by atoms with Crippen molar-refractivity contribution in [3.63, 3.8) is 0 Å². The number of hydrogen-bond acceptors (Lipinski definition) is 5. The normalized spacial score (nSPS) is 31.0. The zero-order valence-corrected chi connectivity index (χ0v) is 9.05. The molecule has 2 unspecified atom stereocenters. The zero-order chi connectivity index (χ0) is 10.9. The van der Waals surface area contributed by atoms with E-state index < -0.39 is 0 Å². The summed E-state index contributed by atoms with van der Waals surface area (Å²) in [6, 6.07) is 0. The average Bonchev–Trinajstić information content (AvgIpc) is 2.76. The van der Waals surface area contributed by atoms with Crippen molar-refractivity contribution >= 4 is 0 Å².